The number of aromatic nitrogens is 2. The van der Waals surface area contributed by atoms with Crippen LogP contribution >= 0.6 is 23.7 Å². The highest BCUT2D eigenvalue weighted by Gasteiger charge is 2.24. The fourth-order valence-corrected chi connectivity index (χ4v) is 5.82. The van der Waals surface area contributed by atoms with Crippen LogP contribution in [0.4, 0.5) is 8.78 Å². The van der Waals surface area contributed by atoms with E-state index in [1.54, 1.807) is 18.2 Å². The molecule has 1 N–H and O–H groups in total. The zero-order valence-electron chi connectivity index (χ0n) is 20.3. The molecule has 0 atom stereocenters. The summed E-state index contributed by atoms with van der Waals surface area (Å²) in [6, 6.07) is 10.2. The molecule has 11 heteroatoms. The first-order valence-electron chi connectivity index (χ1n) is 11.6. The monoisotopic (exact) mass is 549 g/mol. The molecule has 196 valence electrons. The molecule has 2 aromatic carbocycles. The summed E-state index contributed by atoms with van der Waals surface area (Å²) in [6.45, 7) is 1.49. The van der Waals surface area contributed by atoms with Crippen LogP contribution in [-0.2, 0) is 6.54 Å². The number of hydrogen-bond donors (Lipinski definition) is 1. The molecule has 1 saturated heterocycles. The largest absolute Gasteiger partial charge is 0.496 e. The summed E-state index contributed by atoms with van der Waals surface area (Å²) >= 11 is 1.23. The Morgan fingerprint density at radius 2 is 1.73 bits per heavy atom. The molecule has 0 amide bonds. The number of rotatable bonds is 6. The van der Waals surface area contributed by atoms with Crippen LogP contribution in [0.1, 0.15) is 24.4 Å². The number of hydrogen-bond acceptors (Lipinski definition) is 6. The van der Waals surface area contributed by atoms with Gasteiger partial charge in [0.1, 0.15) is 16.3 Å². The van der Waals surface area contributed by atoms with Gasteiger partial charge in [-0.15, -0.1) is 23.7 Å². The maximum atomic E-state index is 14.4. The van der Waals surface area contributed by atoms with E-state index in [1.165, 1.54) is 59.0 Å². The van der Waals surface area contributed by atoms with Crippen molar-refractivity contribution in [2.45, 2.75) is 25.4 Å². The van der Waals surface area contributed by atoms with E-state index in [2.05, 4.69) is 5.32 Å². The van der Waals surface area contributed by atoms with Gasteiger partial charge in [-0.3, -0.25) is 13.9 Å². The lowest BCUT2D eigenvalue weighted by Crippen LogP contribution is -2.45. The van der Waals surface area contributed by atoms with Crippen molar-refractivity contribution >= 4 is 34.0 Å². The standard InChI is InChI=1S/C26H25F2N3O4S.ClH/c1-34-21-6-3-15(11-19(21)28)14-30-20-13-23(18-5-4-16(27)12-22(18)35-2)36-24(20)25(32)31(26(30)33)17-7-9-29-10-8-17;/h3-6,11-13,17,29H,7-10,14H2,1-2H3;1H. The molecule has 7 nitrogen and oxygen atoms in total. The number of ether oxygens (including phenoxy) is 2. The zero-order valence-corrected chi connectivity index (χ0v) is 21.9. The van der Waals surface area contributed by atoms with E-state index in [0.717, 1.165) is 0 Å². The number of halogens is 3. The molecule has 0 bridgehead atoms. The highest BCUT2D eigenvalue weighted by atomic mass is 35.5. The Hall–Kier alpha value is -3.21. The van der Waals surface area contributed by atoms with E-state index in [4.69, 9.17) is 9.47 Å². The lowest BCUT2D eigenvalue weighted by atomic mass is 10.1. The summed E-state index contributed by atoms with van der Waals surface area (Å²) in [4.78, 5) is 28.0. The number of thiophene rings is 1. The summed E-state index contributed by atoms with van der Waals surface area (Å²) in [6.07, 6.45) is 1.31. The van der Waals surface area contributed by atoms with Crippen molar-refractivity contribution in [1.29, 1.82) is 0 Å². The smallest absolute Gasteiger partial charge is 0.332 e. The van der Waals surface area contributed by atoms with Gasteiger partial charge in [-0.25, -0.2) is 13.6 Å². The Balaban J connectivity index is 0.00000320. The molecule has 4 aromatic rings. The second-order valence-electron chi connectivity index (χ2n) is 8.66. The van der Waals surface area contributed by atoms with Crippen molar-refractivity contribution in [2.24, 2.45) is 0 Å². The lowest BCUT2D eigenvalue weighted by Gasteiger charge is -2.25. The third kappa shape index (κ3) is 5.01. The average molecular weight is 550 g/mol. The molecule has 0 radical (unpaired) electrons. The molecule has 1 fully saturated rings. The predicted octanol–water partition coefficient (Wildman–Crippen LogP) is 4.58. The second-order valence-corrected chi connectivity index (χ2v) is 9.72. The van der Waals surface area contributed by atoms with Crippen molar-refractivity contribution in [3.05, 3.63) is 80.5 Å². The first-order chi connectivity index (χ1) is 17.4. The maximum absolute atomic E-state index is 14.4. The number of nitrogens with zero attached hydrogens (tertiary/aromatic N) is 2. The van der Waals surface area contributed by atoms with Gasteiger partial charge in [0.2, 0.25) is 0 Å². The van der Waals surface area contributed by atoms with Gasteiger partial charge in [-0.1, -0.05) is 6.07 Å². The normalized spacial score (nSPS) is 13.9. The predicted molar refractivity (Wildman–Crippen MR) is 143 cm³/mol. The molecule has 1 aliphatic heterocycles. The van der Waals surface area contributed by atoms with Crippen LogP contribution in [0.15, 0.2) is 52.1 Å². The summed E-state index contributed by atoms with van der Waals surface area (Å²) < 4.78 is 41.9. The number of benzene rings is 2. The molecule has 0 aliphatic carbocycles. The second kappa shape index (κ2) is 11.0. The SMILES string of the molecule is COc1ccc(Cn2c(=O)n(C3CCNCC3)c(=O)c3sc(-c4ccc(F)cc4OC)cc32)cc1F.Cl. The molecule has 5 rings (SSSR count). The fourth-order valence-electron chi connectivity index (χ4n) is 4.70. The molecule has 0 spiro atoms. The minimum Gasteiger partial charge on any atom is -0.496 e. The van der Waals surface area contributed by atoms with Gasteiger partial charge in [0.15, 0.2) is 11.6 Å². The van der Waals surface area contributed by atoms with Gasteiger partial charge in [0.25, 0.3) is 5.56 Å². The lowest BCUT2D eigenvalue weighted by molar-refractivity contribution is 0.346. The van der Waals surface area contributed by atoms with E-state index in [1.807, 2.05) is 0 Å². The fraction of sp³-hybridized carbons (Fsp3) is 0.308. The minimum atomic E-state index is -0.534. The molecule has 0 unspecified atom stereocenters. The third-order valence-electron chi connectivity index (χ3n) is 6.51. The van der Waals surface area contributed by atoms with Crippen molar-refractivity contribution in [3.8, 4) is 21.9 Å². The number of methoxy groups -OCH3 is 2. The van der Waals surface area contributed by atoms with Gasteiger partial charge in [0, 0.05) is 22.5 Å². The number of fused-ring (bicyclic) bond motifs is 1. The third-order valence-corrected chi connectivity index (χ3v) is 7.66. The zero-order chi connectivity index (χ0) is 25.4. The molecular weight excluding hydrogens is 524 g/mol. The number of nitrogens with one attached hydrogen (secondary N) is 1. The van der Waals surface area contributed by atoms with Crippen LogP contribution in [0.3, 0.4) is 0 Å². The minimum absolute atomic E-state index is 0. The quantitative estimate of drug-likeness (QED) is 0.381. The van der Waals surface area contributed by atoms with Gasteiger partial charge in [0.05, 0.1) is 26.3 Å². The molecular formula is C26H26ClF2N3O4S. The van der Waals surface area contributed by atoms with Gasteiger partial charge < -0.3 is 14.8 Å². The first-order valence-corrected chi connectivity index (χ1v) is 12.4. The maximum Gasteiger partial charge on any atom is 0.332 e. The Morgan fingerprint density at radius 3 is 2.41 bits per heavy atom. The van der Waals surface area contributed by atoms with Crippen LogP contribution in [0, 0.1) is 11.6 Å². The Bertz CT molecular complexity index is 1560. The van der Waals surface area contributed by atoms with Crippen LogP contribution in [0.5, 0.6) is 11.5 Å². The first kappa shape index (κ1) is 26.8. The Kier molecular flexibility index (Phi) is 8.01. The number of piperidine rings is 1. The van der Waals surface area contributed by atoms with Gasteiger partial charge >= 0.3 is 5.69 Å². The van der Waals surface area contributed by atoms with Crippen molar-refractivity contribution in [3.63, 3.8) is 0 Å². The Morgan fingerprint density at radius 1 is 1.00 bits per heavy atom. The van der Waals surface area contributed by atoms with Crippen molar-refractivity contribution in [1.82, 2.24) is 14.5 Å². The Labute approximate surface area is 221 Å². The summed E-state index contributed by atoms with van der Waals surface area (Å²) in [5.74, 6) is -0.542. The molecule has 3 heterocycles. The van der Waals surface area contributed by atoms with Crippen LogP contribution < -0.4 is 26.0 Å². The molecule has 0 saturated carbocycles. The highest BCUT2D eigenvalue weighted by Crippen LogP contribution is 2.37. The summed E-state index contributed by atoms with van der Waals surface area (Å²) in [5.41, 5.74) is 0.821. The van der Waals surface area contributed by atoms with Crippen molar-refractivity contribution in [2.75, 3.05) is 27.3 Å². The van der Waals surface area contributed by atoms with Crippen LogP contribution in [0.2, 0.25) is 0 Å². The van der Waals surface area contributed by atoms with E-state index in [9.17, 15) is 18.4 Å². The molecule has 37 heavy (non-hydrogen) atoms. The molecule has 1 aliphatic rings. The van der Waals surface area contributed by atoms with E-state index < -0.39 is 17.3 Å². The van der Waals surface area contributed by atoms with E-state index in [0.29, 0.717) is 57.9 Å². The van der Waals surface area contributed by atoms with Gasteiger partial charge in [-0.2, -0.15) is 0 Å². The van der Waals surface area contributed by atoms with Crippen LogP contribution in [0.25, 0.3) is 20.7 Å². The van der Waals surface area contributed by atoms with Crippen molar-refractivity contribution < 1.29 is 18.3 Å². The van der Waals surface area contributed by atoms with E-state index >= 15 is 0 Å². The molecule has 2 aromatic heterocycles. The van der Waals surface area contributed by atoms with E-state index in [-0.39, 0.29) is 36.3 Å². The van der Waals surface area contributed by atoms with Gasteiger partial charge in [-0.05, 0) is 61.8 Å². The average Bonchev–Trinajstić information content (AvgIpc) is 3.33. The highest BCUT2D eigenvalue weighted by molar-refractivity contribution is 7.22. The summed E-state index contributed by atoms with van der Waals surface area (Å²) in [7, 11) is 2.83. The van der Waals surface area contributed by atoms with Crippen LogP contribution in [-0.4, -0.2) is 36.4 Å². The topological polar surface area (TPSA) is 74.5 Å². The summed E-state index contributed by atoms with van der Waals surface area (Å²) in [5, 5.41) is 3.26.